The van der Waals surface area contributed by atoms with Crippen LogP contribution >= 0.6 is 11.8 Å². The number of nitrogens with zero attached hydrogens (tertiary/aromatic N) is 1. The van der Waals surface area contributed by atoms with E-state index in [1.165, 1.54) is 11.8 Å². The zero-order valence-corrected chi connectivity index (χ0v) is 6.36. The number of carbonyl (C=O) groups is 1. The molecule has 0 aliphatic rings. The fourth-order valence-electron chi connectivity index (χ4n) is 0.496. The number of carboxylic acid groups (broad SMARTS) is 1. The van der Waals surface area contributed by atoms with E-state index in [9.17, 15) is 4.79 Å². The van der Waals surface area contributed by atoms with Crippen LogP contribution in [-0.4, -0.2) is 16.8 Å². The molecule has 0 bridgehead atoms. The molecule has 3 nitrogen and oxygen atoms in total. The van der Waals surface area contributed by atoms with Gasteiger partial charge in [-0.3, -0.25) is 4.79 Å². The lowest BCUT2D eigenvalue weighted by Gasteiger charge is -1.91. The van der Waals surface area contributed by atoms with E-state index in [4.69, 9.17) is 10.4 Å². The van der Waals surface area contributed by atoms with Crippen LogP contribution in [0.25, 0.3) is 0 Å². The Kier molecular flexibility index (Phi) is 5.99. The van der Waals surface area contributed by atoms with Crippen LogP contribution in [0.2, 0.25) is 0 Å². The van der Waals surface area contributed by atoms with E-state index in [-0.39, 0.29) is 6.42 Å². The van der Waals surface area contributed by atoms with E-state index < -0.39 is 5.97 Å². The molecule has 0 radical (unpaired) electrons. The van der Waals surface area contributed by atoms with Gasteiger partial charge >= 0.3 is 5.97 Å². The van der Waals surface area contributed by atoms with Crippen molar-refractivity contribution < 1.29 is 9.90 Å². The Morgan fingerprint density at radius 3 is 2.80 bits per heavy atom. The van der Waals surface area contributed by atoms with Crippen molar-refractivity contribution in [2.75, 3.05) is 5.75 Å². The summed E-state index contributed by atoms with van der Waals surface area (Å²) in [5.41, 5.74) is 0. The normalized spacial score (nSPS) is 8.70. The molecule has 0 saturated carbocycles. The molecule has 0 unspecified atom stereocenters. The summed E-state index contributed by atoms with van der Waals surface area (Å²) in [6.45, 7) is 0. The topological polar surface area (TPSA) is 61.1 Å². The monoisotopic (exact) mass is 159 g/mol. The van der Waals surface area contributed by atoms with E-state index in [2.05, 4.69) is 0 Å². The van der Waals surface area contributed by atoms with Gasteiger partial charge in [0.2, 0.25) is 0 Å². The molecule has 0 rings (SSSR count). The lowest BCUT2D eigenvalue weighted by Crippen LogP contribution is -1.93. The SMILES string of the molecule is N#CSCCCCC(=O)O. The maximum atomic E-state index is 9.96. The van der Waals surface area contributed by atoms with Crippen molar-refractivity contribution in [3.8, 4) is 5.40 Å². The number of hydrogen-bond donors (Lipinski definition) is 1. The van der Waals surface area contributed by atoms with Crippen LogP contribution in [0.3, 0.4) is 0 Å². The summed E-state index contributed by atoms with van der Waals surface area (Å²) in [7, 11) is 0. The van der Waals surface area contributed by atoms with Gasteiger partial charge in [-0.05, 0) is 24.6 Å². The molecule has 1 N–H and O–H groups in total. The highest BCUT2D eigenvalue weighted by Gasteiger charge is 1.95. The Morgan fingerprint density at radius 1 is 1.60 bits per heavy atom. The molecule has 0 atom stereocenters. The molecule has 0 aliphatic carbocycles. The quantitative estimate of drug-likeness (QED) is 0.487. The number of rotatable bonds is 5. The Labute approximate surface area is 64.0 Å². The van der Waals surface area contributed by atoms with Crippen molar-refractivity contribution in [2.24, 2.45) is 0 Å². The molecule has 0 aromatic heterocycles. The third-order valence-corrected chi connectivity index (χ3v) is 1.57. The van der Waals surface area contributed by atoms with Gasteiger partial charge in [0, 0.05) is 12.2 Å². The second kappa shape index (κ2) is 6.43. The third-order valence-electron chi connectivity index (χ3n) is 0.952. The fraction of sp³-hybridized carbons (Fsp3) is 0.667. The van der Waals surface area contributed by atoms with Gasteiger partial charge in [-0.15, -0.1) is 0 Å². The molecule has 0 aromatic rings. The average molecular weight is 159 g/mol. The minimum atomic E-state index is -0.762. The van der Waals surface area contributed by atoms with Gasteiger partial charge in [0.1, 0.15) is 5.40 Å². The van der Waals surface area contributed by atoms with Crippen LogP contribution < -0.4 is 0 Å². The van der Waals surface area contributed by atoms with Crippen LogP contribution in [0.5, 0.6) is 0 Å². The molecular weight excluding hydrogens is 150 g/mol. The van der Waals surface area contributed by atoms with Gasteiger partial charge in [-0.25, -0.2) is 0 Å². The van der Waals surface area contributed by atoms with Crippen molar-refractivity contribution in [1.82, 2.24) is 0 Å². The predicted molar refractivity (Wildman–Crippen MR) is 39.6 cm³/mol. The minimum absolute atomic E-state index is 0.214. The van der Waals surface area contributed by atoms with E-state index in [1.807, 2.05) is 5.40 Å². The molecule has 56 valence electrons. The summed E-state index contributed by atoms with van der Waals surface area (Å²) >= 11 is 1.17. The summed E-state index contributed by atoms with van der Waals surface area (Å²) in [5.74, 6) is -0.0222. The highest BCUT2D eigenvalue weighted by Crippen LogP contribution is 2.03. The maximum absolute atomic E-state index is 9.96. The van der Waals surface area contributed by atoms with Crippen LogP contribution in [0.15, 0.2) is 0 Å². The maximum Gasteiger partial charge on any atom is 0.303 e. The number of unbranched alkanes of at least 4 members (excludes halogenated alkanes) is 1. The Morgan fingerprint density at radius 2 is 2.30 bits per heavy atom. The van der Waals surface area contributed by atoms with Crippen molar-refractivity contribution in [3.05, 3.63) is 0 Å². The Bertz CT molecular complexity index is 141. The van der Waals surface area contributed by atoms with Gasteiger partial charge in [0.25, 0.3) is 0 Å². The van der Waals surface area contributed by atoms with Gasteiger partial charge < -0.3 is 5.11 Å². The summed E-state index contributed by atoms with van der Waals surface area (Å²) in [5, 5.41) is 18.2. The van der Waals surface area contributed by atoms with Crippen LogP contribution in [0.1, 0.15) is 19.3 Å². The lowest BCUT2D eigenvalue weighted by atomic mass is 10.3. The van der Waals surface area contributed by atoms with Crippen LogP contribution in [0, 0.1) is 10.7 Å². The van der Waals surface area contributed by atoms with Gasteiger partial charge in [-0.1, -0.05) is 0 Å². The number of hydrogen-bond acceptors (Lipinski definition) is 3. The summed E-state index contributed by atoms with van der Waals surface area (Å²) in [6.07, 6.45) is 1.69. The highest BCUT2D eigenvalue weighted by atomic mass is 32.2. The third kappa shape index (κ3) is 7.31. The van der Waals surface area contributed by atoms with Gasteiger partial charge in [0.15, 0.2) is 0 Å². The number of aliphatic carboxylic acids is 1. The molecule has 0 saturated heterocycles. The van der Waals surface area contributed by atoms with E-state index >= 15 is 0 Å². The number of carboxylic acids is 1. The molecule has 0 heterocycles. The van der Waals surface area contributed by atoms with Crippen molar-refractivity contribution in [1.29, 1.82) is 5.26 Å². The fourth-order valence-corrected chi connectivity index (χ4v) is 0.936. The molecule has 0 aliphatic heterocycles. The van der Waals surface area contributed by atoms with E-state index in [1.54, 1.807) is 0 Å². The van der Waals surface area contributed by atoms with E-state index in [0.717, 1.165) is 12.2 Å². The second-order valence-electron chi connectivity index (χ2n) is 1.79. The zero-order chi connectivity index (χ0) is 7.82. The smallest absolute Gasteiger partial charge is 0.303 e. The molecule has 4 heteroatoms. The number of thioether (sulfide) groups is 1. The molecule has 0 fully saturated rings. The van der Waals surface area contributed by atoms with Crippen molar-refractivity contribution in [3.63, 3.8) is 0 Å². The lowest BCUT2D eigenvalue weighted by molar-refractivity contribution is -0.137. The highest BCUT2D eigenvalue weighted by molar-refractivity contribution is 8.03. The Balaban J connectivity index is 2.92. The largest absolute Gasteiger partial charge is 0.481 e. The summed E-state index contributed by atoms with van der Waals surface area (Å²) in [4.78, 5) is 9.96. The summed E-state index contributed by atoms with van der Waals surface area (Å²) in [6, 6.07) is 0. The minimum Gasteiger partial charge on any atom is -0.481 e. The van der Waals surface area contributed by atoms with Gasteiger partial charge in [-0.2, -0.15) is 5.26 Å². The first-order valence-corrected chi connectivity index (χ1v) is 3.98. The number of thiocyanates is 1. The first kappa shape index (κ1) is 9.31. The molecule has 0 amide bonds. The predicted octanol–water partition coefficient (Wildman–Crippen LogP) is 1.46. The van der Waals surface area contributed by atoms with Crippen LogP contribution in [-0.2, 0) is 4.79 Å². The summed E-state index contributed by atoms with van der Waals surface area (Å²) < 4.78 is 0. The van der Waals surface area contributed by atoms with Crippen molar-refractivity contribution in [2.45, 2.75) is 19.3 Å². The Hall–Kier alpha value is -0.690. The molecule has 10 heavy (non-hydrogen) atoms. The van der Waals surface area contributed by atoms with Gasteiger partial charge in [0.05, 0.1) is 0 Å². The van der Waals surface area contributed by atoms with E-state index in [0.29, 0.717) is 6.42 Å². The first-order valence-electron chi connectivity index (χ1n) is 3.00. The molecule has 0 aromatic carbocycles. The molecular formula is C6H9NO2S. The van der Waals surface area contributed by atoms with Crippen molar-refractivity contribution >= 4 is 17.7 Å². The number of nitriles is 1. The first-order chi connectivity index (χ1) is 4.77. The second-order valence-corrected chi connectivity index (χ2v) is 2.67. The van der Waals surface area contributed by atoms with Crippen LogP contribution in [0.4, 0.5) is 0 Å². The zero-order valence-electron chi connectivity index (χ0n) is 5.54. The molecule has 0 spiro atoms. The standard InChI is InChI=1S/C6H9NO2S/c7-5-10-4-2-1-3-6(8)9/h1-4H2,(H,8,9). The average Bonchev–Trinajstić information content (AvgIpc) is 1.87.